The van der Waals surface area contributed by atoms with E-state index in [-0.39, 0.29) is 5.92 Å². The van der Waals surface area contributed by atoms with Gasteiger partial charge < -0.3 is 19.3 Å². The Morgan fingerprint density at radius 1 is 1.33 bits per heavy atom. The molecule has 2 rings (SSSR count). The number of ether oxygens (including phenoxy) is 3. The van der Waals surface area contributed by atoms with Crippen molar-refractivity contribution in [3.8, 4) is 11.5 Å². The fourth-order valence-corrected chi connectivity index (χ4v) is 2.66. The fraction of sp³-hybridized carbons (Fsp3) is 0.538. The van der Waals surface area contributed by atoms with Gasteiger partial charge >= 0.3 is 0 Å². The molecule has 1 aromatic rings. The quantitative estimate of drug-likeness (QED) is 0.927. The Hall–Kier alpha value is -0.780. The average molecular weight is 317 g/mol. The summed E-state index contributed by atoms with van der Waals surface area (Å²) >= 11 is 3.40. The number of hydrogen-bond acceptors (Lipinski definition) is 4. The van der Waals surface area contributed by atoms with Gasteiger partial charge in [0, 0.05) is 18.1 Å². The molecule has 1 aliphatic rings. The van der Waals surface area contributed by atoms with Gasteiger partial charge in [-0.25, -0.2) is 0 Å². The minimum atomic E-state index is -0.593. The number of rotatable bonds is 4. The predicted molar refractivity (Wildman–Crippen MR) is 71.1 cm³/mol. The molecule has 1 aliphatic heterocycles. The molecule has 1 fully saturated rings. The van der Waals surface area contributed by atoms with E-state index >= 15 is 0 Å². The zero-order chi connectivity index (χ0) is 13.1. The van der Waals surface area contributed by atoms with Crippen LogP contribution in [0, 0.1) is 5.92 Å². The van der Waals surface area contributed by atoms with Crippen molar-refractivity contribution in [1.82, 2.24) is 0 Å². The third kappa shape index (κ3) is 2.63. The molecule has 2 atom stereocenters. The van der Waals surface area contributed by atoms with Gasteiger partial charge in [0.2, 0.25) is 0 Å². The molecule has 18 heavy (non-hydrogen) atoms. The van der Waals surface area contributed by atoms with Gasteiger partial charge in [0.1, 0.15) is 11.5 Å². The lowest BCUT2D eigenvalue weighted by Gasteiger charge is -2.20. The van der Waals surface area contributed by atoms with E-state index in [4.69, 9.17) is 14.2 Å². The Morgan fingerprint density at radius 3 is 2.61 bits per heavy atom. The second-order valence-electron chi connectivity index (χ2n) is 4.30. The molecule has 0 spiro atoms. The van der Waals surface area contributed by atoms with Crippen molar-refractivity contribution < 1.29 is 19.3 Å². The lowest BCUT2D eigenvalue weighted by molar-refractivity contribution is 0.0894. The van der Waals surface area contributed by atoms with Crippen LogP contribution in [0.5, 0.6) is 11.5 Å². The van der Waals surface area contributed by atoms with Crippen molar-refractivity contribution in [1.29, 1.82) is 0 Å². The Labute approximate surface area is 115 Å². The molecule has 100 valence electrons. The maximum absolute atomic E-state index is 10.4. The number of methoxy groups -OCH3 is 2. The van der Waals surface area contributed by atoms with Gasteiger partial charge in [-0.05, 0) is 34.5 Å². The Morgan fingerprint density at radius 2 is 2.06 bits per heavy atom. The van der Waals surface area contributed by atoms with Gasteiger partial charge in [0.15, 0.2) is 0 Å². The molecular weight excluding hydrogens is 300 g/mol. The number of hydrogen-bond donors (Lipinski definition) is 1. The highest BCUT2D eigenvalue weighted by atomic mass is 79.9. The zero-order valence-electron chi connectivity index (χ0n) is 10.5. The van der Waals surface area contributed by atoms with Crippen LogP contribution in [0.15, 0.2) is 16.6 Å². The first kappa shape index (κ1) is 13.6. The first-order chi connectivity index (χ1) is 8.67. The Kier molecular flexibility index (Phi) is 4.48. The molecule has 2 unspecified atom stereocenters. The maximum Gasteiger partial charge on any atom is 0.133 e. The minimum absolute atomic E-state index is 0.116. The number of benzene rings is 1. The molecule has 5 heteroatoms. The molecule has 1 aromatic carbocycles. The SMILES string of the molecule is COc1cc(C(O)C2CCOC2)c(OC)cc1Br. The largest absolute Gasteiger partial charge is 0.496 e. The number of halogens is 1. The smallest absolute Gasteiger partial charge is 0.133 e. The molecule has 0 aromatic heterocycles. The summed E-state index contributed by atoms with van der Waals surface area (Å²) in [7, 11) is 3.19. The Bertz CT molecular complexity index is 416. The van der Waals surface area contributed by atoms with Gasteiger partial charge in [-0.15, -0.1) is 0 Å². The summed E-state index contributed by atoms with van der Waals surface area (Å²) in [4.78, 5) is 0. The second kappa shape index (κ2) is 5.91. The minimum Gasteiger partial charge on any atom is -0.496 e. The summed E-state index contributed by atoms with van der Waals surface area (Å²) in [5.74, 6) is 1.45. The topological polar surface area (TPSA) is 47.9 Å². The molecule has 1 saturated heterocycles. The Balaban J connectivity index is 2.34. The van der Waals surface area contributed by atoms with E-state index in [0.29, 0.717) is 24.7 Å². The lowest BCUT2D eigenvalue weighted by Crippen LogP contribution is -2.13. The summed E-state index contributed by atoms with van der Waals surface area (Å²) in [6.07, 6.45) is 0.271. The van der Waals surface area contributed by atoms with Gasteiger partial charge in [0.25, 0.3) is 0 Å². The molecule has 0 amide bonds. The molecule has 1 heterocycles. The van der Waals surface area contributed by atoms with E-state index in [1.165, 1.54) is 0 Å². The van der Waals surface area contributed by atoms with Crippen LogP contribution in [0.2, 0.25) is 0 Å². The molecule has 1 N–H and O–H groups in total. The fourth-order valence-electron chi connectivity index (χ4n) is 2.17. The molecule has 4 nitrogen and oxygen atoms in total. The highest BCUT2D eigenvalue weighted by molar-refractivity contribution is 9.10. The van der Waals surface area contributed by atoms with Crippen LogP contribution in [-0.4, -0.2) is 32.5 Å². The summed E-state index contributed by atoms with van der Waals surface area (Å²) in [6, 6.07) is 3.62. The van der Waals surface area contributed by atoms with E-state index in [9.17, 15) is 5.11 Å². The summed E-state index contributed by atoms with van der Waals surface area (Å²) in [6.45, 7) is 1.29. The van der Waals surface area contributed by atoms with Crippen LogP contribution >= 0.6 is 15.9 Å². The number of aliphatic hydroxyl groups excluding tert-OH is 1. The third-order valence-corrected chi connectivity index (χ3v) is 3.85. The van der Waals surface area contributed by atoms with E-state index in [1.807, 2.05) is 12.1 Å². The standard InChI is InChI=1S/C13H17BrO4/c1-16-11-6-10(14)12(17-2)5-9(11)13(15)8-3-4-18-7-8/h5-6,8,13,15H,3-4,7H2,1-2H3. The molecule has 0 aliphatic carbocycles. The van der Waals surface area contributed by atoms with Crippen LogP contribution in [0.1, 0.15) is 18.1 Å². The van der Waals surface area contributed by atoms with Crippen molar-refractivity contribution in [3.05, 3.63) is 22.2 Å². The van der Waals surface area contributed by atoms with E-state index in [0.717, 1.165) is 16.5 Å². The normalized spacial score (nSPS) is 20.8. The van der Waals surface area contributed by atoms with Crippen molar-refractivity contribution in [2.75, 3.05) is 27.4 Å². The maximum atomic E-state index is 10.4. The van der Waals surface area contributed by atoms with E-state index < -0.39 is 6.10 Å². The van der Waals surface area contributed by atoms with Crippen molar-refractivity contribution in [2.45, 2.75) is 12.5 Å². The van der Waals surface area contributed by atoms with Gasteiger partial charge in [-0.1, -0.05) is 0 Å². The van der Waals surface area contributed by atoms with Crippen molar-refractivity contribution in [2.24, 2.45) is 5.92 Å². The highest BCUT2D eigenvalue weighted by Gasteiger charge is 2.28. The van der Waals surface area contributed by atoms with Crippen LogP contribution in [0.3, 0.4) is 0 Å². The van der Waals surface area contributed by atoms with Gasteiger partial charge in [-0.3, -0.25) is 0 Å². The van der Waals surface area contributed by atoms with Crippen LogP contribution in [0.4, 0.5) is 0 Å². The molecular formula is C13H17BrO4. The summed E-state index contributed by atoms with van der Waals surface area (Å²) in [5, 5.41) is 10.4. The van der Waals surface area contributed by atoms with Crippen molar-refractivity contribution in [3.63, 3.8) is 0 Å². The van der Waals surface area contributed by atoms with Crippen LogP contribution < -0.4 is 9.47 Å². The average Bonchev–Trinajstić information content (AvgIpc) is 2.91. The monoisotopic (exact) mass is 316 g/mol. The summed E-state index contributed by atoms with van der Waals surface area (Å²) < 4.78 is 16.7. The predicted octanol–water partition coefficient (Wildman–Crippen LogP) is 2.54. The van der Waals surface area contributed by atoms with Crippen LogP contribution in [-0.2, 0) is 4.74 Å². The second-order valence-corrected chi connectivity index (χ2v) is 5.15. The molecule has 0 saturated carbocycles. The molecule has 0 bridgehead atoms. The first-order valence-corrected chi connectivity index (χ1v) is 6.64. The van der Waals surface area contributed by atoms with Crippen LogP contribution in [0.25, 0.3) is 0 Å². The zero-order valence-corrected chi connectivity index (χ0v) is 12.1. The van der Waals surface area contributed by atoms with Crippen molar-refractivity contribution >= 4 is 15.9 Å². The number of aliphatic hydroxyl groups is 1. The molecule has 0 radical (unpaired) electrons. The third-order valence-electron chi connectivity index (χ3n) is 3.23. The summed E-state index contributed by atoms with van der Waals surface area (Å²) in [5.41, 5.74) is 0.744. The van der Waals surface area contributed by atoms with Gasteiger partial charge in [0.05, 0.1) is 31.4 Å². The first-order valence-electron chi connectivity index (χ1n) is 5.84. The van der Waals surface area contributed by atoms with Gasteiger partial charge in [-0.2, -0.15) is 0 Å². The van der Waals surface area contributed by atoms with E-state index in [2.05, 4.69) is 15.9 Å². The highest BCUT2D eigenvalue weighted by Crippen LogP contribution is 2.39. The lowest BCUT2D eigenvalue weighted by atomic mass is 9.94. The van der Waals surface area contributed by atoms with E-state index in [1.54, 1.807) is 14.2 Å².